The molecule has 4 nitrogen and oxygen atoms in total. The summed E-state index contributed by atoms with van der Waals surface area (Å²) in [6.07, 6.45) is 7.39. The Bertz CT molecular complexity index is 2480. The second-order valence-electron chi connectivity index (χ2n) is 16.2. The summed E-state index contributed by atoms with van der Waals surface area (Å²) in [5, 5.41) is 0. The van der Waals surface area contributed by atoms with Gasteiger partial charge in [-0.15, -0.1) is 0 Å². The zero-order valence-electron chi connectivity index (χ0n) is 37.2. The van der Waals surface area contributed by atoms with E-state index in [0.29, 0.717) is 26.4 Å². The molecule has 0 fully saturated rings. The van der Waals surface area contributed by atoms with Crippen molar-refractivity contribution in [1.29, 1.82) is 0 Å². The van der Waals surface area contributed by atoms with Crippen LogP contribution in [0.5, 0.6) is 23.0 Å². The van der Waals surface area contributed by atoms with Crippen molar-refractivity contribution >= 4 is 24.3 Å². The number of rotatable bonds is 21. The van der Waals surface area contributed by atoms with Crippen LogP contribution in [0.15, 0.2) is 220 Å². The van der Waals surface area contributed by atoms with E-state index in [9.17, 15) is 0 Å². The molecule has 0 saturated heterocycles. The lowest BCUT2D eigenvalue weighted by Crippen LogP contribution is -2.15. The third-order valence-electron chi connectivity index (χ3n) is 11.7. The SMILES string of the molecule is C=Cc1ccc(COc2cccc(C(c3cccc(OCc4ccc(C=C)cc4)c3)C(c3cccc(OCc4ccc(C=C)cc4)c3)c3cccc(OCc4ccc(C=C)cc4)c3)c2)cc1. The van der Waals surface area contributed by atoms with Crippen LogP contribution in [0.3, 0.4) is 0 Å². The van der Waals surface area contributed by atoms with Crippen molar-refractivity contribution in [3.8, 4) is 23.0 Å². The zero-order valence-corrected chi connectivity index (χ0v) is 37.2. The van der Waals surface area contributed by atoms with Crippen LogP contribution >= 0.6 is 0 Å². The summed E-state index contributed by atoms with van der Waals surface area (Å²) >= 11 is 0. The Hall–Kier alpha value is -8.08. The smallest absolute Gasteiger partial charge is 0.120 e. The van der Waals surface area contributed by atoms with Gasteiger partial charge in [-0.3, -0.25) is 0 Å². The Morgan fingerprint density at radius 1 is 0.288 bits per heavy atom. The molecule has 0 amide bonds. The van der Waals surface area contributed by atoms with E-state index in [4.69, 9.17) is 18.9 Å². The standard InChI is InChI=1S/C62H54O4/c1-5-45-21-29-49(30-22-45)41-63-57-17-9-13-53(37-57)61(54-14-10-18-58(38-54)64-42-50-31-23-46(6-2)24-32-50)62(55-15-11-19-59(39-55)65-43-51-33-25-47(7-3)26-34-51)56-16-12-20-60(40-56)66-44-52-35-27-48(8-4)28-36-52/h5-40,61-62H,1-4,41-44H2. The van der Waals surface area contributed by atoms with Crippen LogP contribution in [0.2, 0.25) is 0 Å². The molecular weight excluding hydrogens is 809 g/mol. The molecule has 0 aliphatic carbocycles. The summed E-state index contributed by atoms with van der Waals surface area (Å²) in [4.78, 5) is 0. The van der Waals surface area contributed by atoms with Gasteiger partial charge in [-0.1, -0.05) is 196 Å². The maximum absolute atomic E-state index is 6.52. The molecule has 0 aromatic heterocycles. The van der Waals surface area contributed by atoms with Crippen LogP contribution in [0, 0.1) is 0 Å². The first kappa shape index (κ1) is 44.5. The highest BCUT2D eigenvalue weighted by Gasteiger charge is 2.30. The first-order valence-corrected chi connectivity index (χ1v) is 22.2. The molecule has 0 heterocycles. The van der Waals surface area contributed by atoms with Crippen LogP contribution in [0.4, 0.5) is 0 Å². The molecule has 0 bridgehead atoms. The zero-order chi connectivity index (χ0) is 45.5. The van der Waals surface area contributed by atoms with E-state index in [-0.39, 0.29) is 11.8 Å². The molecule has 0 saturated carbocycles. The van der Waals surface area contributed by atoms with Gasteiger partial charge >= 0.3 is 0 Å². The molecule has 0 atom stereocenters. The molecule has 0 spiro atoms. The first-order chi connectivity index (χ1) is 32.5. The lowest BCUT2D eigenvalue weighted by molar-refractivity contribution is 0.304. The van der Waals surface area contributed by atoms with Gasteiger partial charge in [0.2, 0.25) is 0 Å². The minimum absolute atomic E-state index is 0.209. The van der Waals surface area contributed by atoms with E-state index in [1.165, 1.54) is 0 Å². The highest BCUT2D eigenvalue weighted by atomic mass is 16.5. The fourth-order valence-electron chi connectivity index (χ4n) is 8.01. The monoisotopic (exact) mass is 862 g/mol. The first-order valence-electron chi connectivity index (χ1n) is 22.2. The second kappa shape index (κ2) is 22.0. The highest BCUT2D eigenvalue weighted by Crippen LogP contribution is 2.46. The third-order valence-corrected chi connectivity index (χ3v) is 11.7. The maximum Gasteiger partial charge on any atom is 0.120 e. The van der Waals surface area contributed by atoms with Gasteiger partial charge in [0.15, 0.2) is 0 Å². The minimum Gasteiger partial charge on any atom is -0.489 e. The van der Waals surface area contributed by atoms with Crippen molar-refractivity contribution in [2.24, 2.45) is 0 Å². The van der Waals surface area contributed by atoms with E-state index >= 15 is 0 Å². The van der Waals surface area contributed by atoms with Gasteiger partial charge in [0.25, 0.3) is 0 Å². The van der Waals surface area contributed by atoms with Gasteiger partial charge in [-0.2, -0.15) is 0 Å². The van der Waals surface area contributed by atoms with Crippen LogP contribution in [-0.4, -0.2) is 0 Å². The Morgan fingerprint density at radius 3 is 0.697 bits per heavy atom. The molecule has 326 valence electrons. The number of ether oxygens (including phenoxy) is 4. The second-order valence-corrected chi connectivity index (χ2v) is 16.2. The average molecular weight is 863 g/mol. The van der Waals surface area contributed by atoms with Crippen molar-refractivity contribution in [3.63, 3.8) is 0 Å². The molecule has 66 heavy (non-hydrogen) atoms. The third kappa shape index (κ3) is 11.7. The molecule has 0 aliphatic rings. The van der Waals surface area contributed by atoms with E-state index in [2.05, 4.69) is 196 Å². The van der Waals surface area contributed by atoms with Gasteiger partial charge in [0.1, 0.15) is 49.4 Å². The Morgan fingerprint density at radius 2 is 0.500 bits per heavy atom. The van der Waals surface area contributed by atoms with E-state index in [1.54, 1.807) is 0 Å². The van der Waals surface area contributed by atoms with Gasteiger partial charge in [-0.25, -0.2) is 0 Å². The van der Waals surface area contributed by atoms with Crippen LogP contribution in [0.25, 0.3) is 24.3 Å². The van der Waals surface area contributed by atoms with Gasteiger partial charge in [0.05, 0.1) is 0 Å². The normalized spacial score (nSPS) is 10.9. The molecular formula is C62H54O4. The quantitative estimate of drug-likeness (QED) is 0.0721. The van der Waals surface area contributed by atoms with E-state index in [0.717, 1.165) is 89.8 Å². The summed E-state index contributed by atoms with van der Waals surface area (Å²) < 4.78 is 26.1. The topological polar surface area (TPSA) is 36.9 Å². The molecule has 0 radical (unpaired) electrons. The average Bonchev–Trinajstić information content (AvgIpc) is 3.38. The molecule has 0 unspecified atom stereocenters. The molecule has 8 aromatic carbocycles. The minimum atomic E-state index is -0.209. The number of hydrogen-bond donors (Lipinski definition) is 0. The lowest BCUT2D eigenvalue weighted by atomic mass is 9.73. The van der Waals surface area contributed by atoms with Crippen LogP contribution in [-0.2, 0) is 26.4 Å². The summed E-state index contributed by atoms with van der Waals surface area (Å²) in [5.41, 5.74) is 12.9. The summed E-state index contributed by atoms with van der Waals surface area (Å²) in [7, 11) is 0. The van der Waals surface area contributed by atoms with E-state index < -0.39 is 0 Å². The lowest BCUT2D eigenvalue weighted by Gasteiger charge is -2.30. The van der Waals surface area contributed by atoms with Gasteiger partial charge in [0, 0.05) is 11.8 Å². The summed E-state index contributed by atoms with van der Waals surface area (Å²) in [6.45, 7) is 17.3. The Kier molecular flexibility index (Phi) is 14.9. The van der Waals surface area contributed by atoms with Crippen molar-refractivity contribution in [2.75, 3.05) is 0 Å². The van der Waals surface area contributed by atoms with Gasteiger partial charge < -0.3 is 18.9 Å². The molecule has 8 aromatic rings. The molecule has 8 rings (SSSR count). The Balaban J connectivity index is 1.19. The predicted molar refractivity (Wildman–Crippen MR) is 273 cm³/mol. The largest absolute Gasteiger partial charge is 0.489 e. The maximum atomic E-state index is 6.52. The fourth-order valence-corrected chi connectivity index (χ4v) is 8.01. The summed E-state index contributed by atoms with van der Waals surface area (Å²) in [5.74, 6) is 2.69. The Labute approximate surface area is 390 Å². The van der Waals surface area contributed by atoms with Gasteiger partial charge in [-0.05, 0) is 115 Å². The van der Waals surface area contributed by atoms with E-state index in [1.807, 2.05) is 48.6 Å². The summed E-state index contributed by atoms with van der Waals surface area (Å²) in [6, 6.07) is 67.0. The van der Waals surface area contributed by atoms with Crippen molar-refractivity contribution in [3.05, 3.63) is 287 Å². The van der Waals surface area contributed by atoms with Crippen LogP contribution in [0.1, 0.15) is 78.6 Å². The number of hydrogen-bond acceptors (Lipinski definition) is 4. The van der Waals surface area contributed by atoms with Crippen LogP contribution < -0.4 is 18.9 Å². The molecule has 0 aliphatic heterocycles. The predicted octanol–water partition coefficient (Wildman–Crippen LogP) is 15.5. The fraction of sp³-hybridized carbons (Fsp3) is 0.0968. The highest BCUT2D eigenvalue weighted by molar-refractivity contribution is 5.52. The van der Waals surface area contributed by atoms with Crippen molar-refractivity contribution < 1.29 is 18.9 Å². The van der Waals surface area contributed by atoms with Crippen molar-refractivity contribution in [1.82, 2.24) is 0 Å². The molecule has 4 heteroatoms. The number of benzene rings is 8. The molecule has 0 N–H and O–H groups in total. The van der Waals surface area contributed by atoms with Crippen molar-refractivity contribution in [2.45, 2.75) is 38.3 Å².